The van der Waals surface area contributed by atoms with Gasteiger partial charge in [-0.1, -0.05) is 0 Å². The van der Waals surface area contributed by atoms with E-state index in [4.69, 9.17) is 0 Å². The lowest BCUT2D eigenvalue weighted by atomic mass is 10.2. The minimum Gasteiger partial charge on any atom is -0.272 e. The number of carbonyl (C=O) groups excluding carboxylic acids is 1. The average molecular weight is 298 g/mol. The van der Waals surface area contributed by atoms with E-state index in [0.717, 1.165) is 3.57 Å². The maximum absolute atomic E-state index is 11.7. The molecule has 0 N–H and O–H groups in total. The van der Waals surface area contributed by atoms with E-state index < -0.39 is 0 Å². The minimum atomic E-state index is -0.0566. The molecule has 0 saturated heterocycles. The van der Waals surface area contributed by atoms with E-state index in [1.165, 1.54) is 10.9 Å². The summed E-state index contributed by atoms with van der Waals surface area (Å²) in [4.78, 5) is 15.6. The molecular weight excluding hydrogens is 291 g/mol. The minimum absolute atomic E-state index is 0.0566. The molecule has 0 aliphatic carbocycles. The Labute approximate surface area is 94.9 Å². The van der Waals surface area contributed by atoms with Crippen molar-refractivity contribution in [3.63, 3.8) is 0 Å². The Bertz CT molecular complexity index is 434. The summed E-state index contributed by atoms with van der Waals surface area (Å²) in [6.07, 6.45) is 4.73. The Morgan fingerprint density at radius 3 is 2.57 bits per heavy atom. The molecule has 3 nitrogen and oxygen atoms in total. The first kappa shape index (κ1) is 9.39. The molecule has 0 radical (unpaired) electrons. The molecule has 0 amide bonds. The summed E-state index contributed by atoms with van der Waals surface area (Å²) in [5.41, 5.74) is 0.670. The quantitative estimate of drug-likeness (QED) is 0.756. The zero-order valence-electron chi connectivity index (χ0n) is 7.22. The molecular formula is C10H7IN2O. The summed E-state index contributed by atoms with van der Waals surface area (Å²) < 4.78 is 2.58. The Balaban J connectivity index is 2.33. The van der Waals surface area contributed by atoms with Crippen molar-refractivity contribution < 1.29 is 4.79 Å². The second kappa shape index (κ2) is 3.91. The number of hydrogen-bond acceptors (Lipinski definition) is 2. The van der Waals surface area contributed by atoms with Crippen molar-refractivity contribution in [3.05, 3.63) is 52.1 Å². The van der Waals surface area contributed by atoms with E-state index in [0.29, 0.717) is 5.56 Å². The Kier molecular flexibility index (Phi) is 2.62. The van der Waals surface area contributed by atoms with E-state index >= 15 is 0 Å². The highest BCUT2D eigenvalue weighted by molar-refractivity contribution is 14.1. The van der Waals surface area contributed by atoms with Gasteiger partial charge in [0.15, 0.2) is 0 Å². The van der Waals surface area contributed by atoms with Gasteiger partial charge in [-0.3, -0.25) is 9.36 Å². The van der Waals surface area contributed by atoms with Gasteiger partial charge < -0.3 is 0 Å². The molecule has 4 heteroatoms. The lowest BCUT2D eigenvalue weighted by Crippen LogP contribution is -2.09. The van der Waals surface area contributed by atoms with E-state index in [9.17, 15) is 4.79 Å². The van der Waals surface area contributed by atoms with Gasteiger partial charge in [0.25, 0.3) is 5.91 Å². The topological polar surface area (TPSA) is 34.9 Å². The van der Waals surface area contributed by atoms with Crippen molar-refractivity contribution in [2.75, 3.05) is 0 Å². The number of hydrogen-bond donors (Lipinski definition) is 0. The van der Waals surface area contributed by atoms with Crippen molar-refractivity contribution in [1.29, 1.82) is 0 Å². The maximum atomic E-state index is 11.7. The number of nitrogens with zero attached hydrogens (tertiary/aromatic N) is 2. The molecule has 1 aromatic carbocycles. The Morgan fingerprint density at radius 2 is 2.00 bits per heavy atom. The van der Waals surface area contributed by atoms with Crippen LogP contribution in [-0.4, -0.2) is 15.5 Å². The van der Waals surface area contributed by atoms with Gasteiger partial charge in [0.05, 0.1) is 0 Å². The van der Waals surface area contributed by atoms with Crippen molar-refractivity contribution >= 4 is 28.5 Å². The fraction of sp³-hybridized carbons (Fsp3) is 0. The predicted molar refractivity (Wildman–Crippen MR) is 61.1 cm³/mol. The van der Waals surface area contributed by atoms with Crippen LogP contribution in [0.4, 0.5) is 0 Å². The van der Waals surface area contributed by atoms with Gasteiger partial charge in [0.1, 0.15) is 6.33 Å². The lowest BCUT2D eigenvalue weighted by molar-refractivity contribution is 0.0960. The van der Waals surface area contributed by atoms with Gasteiger partial charge >= 0.3 is 0 Å². The Hall–Kier alpha value is -1.17. The van der Waals surface area contributed by atoms with E-state index in [2.05, 4.69) is 27.6 Å². The predicted octanol–water partition coefficient (Wildman–Crippen LogP) is 2.18. The van der Waals surface area contributed by atoms with Crippen molar-refractivity contribution in [3.8, 4) is 0 Å². The first-order valence-corrected chi connectivity index (χ1v) is 5.13. The van der Waals surface area contributed by atoms with Crippen molar-refractivity contribution in [2.45, 2.75) is 0 Å². The molecule has 14 heavy (non-hydrogen) atoms. The summed E-state index contributed by atoms with van der Waals surface area (Å²) in [6, 6.07) is 7.43. The van der Waals surface area contributed by atoms with E-state index in [1.807, 2.05) is 24.3 Å². The average Bonchev–Trinajstić information content (AvgIpc) is 2.71. The van der Waals surface area contributed by atoms with Gasteiger partial charge in [0.2, 0.25) is 0 Å². The van der Waals surface area contributed by atoms with Crippen LogP contribution in [0.25, 0.3) is 0 Å². The van der Waals surface area contributed by atoms with Crippen LogP contribution in [0, 0.1) is 3.57 Å². The number of imidazole rings is 1. The van der Waals surface area contributed by atoms with Crippen LogP contribution in [0.3, 0.4) is 0 Å². The zero-order chi connectivity index (χ0) is 9.97. The summed E-state index contributed by atoms with van der Waals surface area (Å²) in [6.45, 7) is 0. The smallest absolute Gasteiger partial charge is 0.263 e. The molecule has 0 bridgehead atoms. The molecule has 0 unspecified atom stereocenters. The number of halogens is 1. The summed E-state index contributed by atoms with van der Waals surface area (Å²) in [5.74, 6) is -0.0566. The second-order valence-electron chi connectivity index (χ2n) is 2.78. The fourth-order valence-electron chi connectivity index (χ4n) is 1.12. The number of rotatable bonds is 1. The highest BCUT2D eigenvalue weighted by Gasteiger charge is 2.06. The molecule has 0 spiro atoms. The third-order valence-electron chi connectivity index (χ3n) is 1.83. The Morgan fingerprint density at radius 1 is 1.29 bits per heavy atom. The number of carbonyl (C=O) groups is 1. The molecule has 0 saturated carbocycles. The molecule has 1 aromatic heterocycles. The molecule has 70 valence electrons. The van der Waals surface area contributed by atoms with Crippen LogP contribution in [-0.2, 0) is 0 Å². The fourth-order valence-corrected chi connectivity index (χ4v) is 1.48. The monoisotopic (exact) mass is 298 g/mol. The van der Waals surface area contributed by atoms with Gasteiger partial charge in [-0.25, -0.2) is 4.98 Å². The van der Waals surface area contributed by atoms with Crippen LogP contribution in [0.5, 0.6) is 0 Å². The van der Waals surface area contributed by atoms with Gasteiger partial charge in [0, 0.05) is 21.5 Å². The number of benzene rings is 1. The zero-order valence-corrected chi connectivity index (χ0v) is 9.38. The standard InChI is InChI=1S/C10H7IN2O/c11-9-3-1-8(2-4-9)10(14)13-6-5-12-7-13/h1-7H. The first-order chi connectivity index (χ1) is 6.77. The number of aromatic nitrogens is 2. The summed E-state index contributed by atoms with van der Waals surface area (Å²) >= 11 is 2.20. The highest BCUT2D eigenvalue weighted by atomic mass is 127. The van der Waals surface area contributed by atoms with Crippen molar-refractivity contribution in [2.24, 2.45) is 0 Å². The molecule has 0 aliphatic heterocycles. The molecule has 0 aliphatic rings. The van der Waals surface area contributed by atoms with Crippen LogP contribution in [0.2, 0.25) is 0 Å². The molecule has 0 fully saturated rings. The molecule has 0 atom stereocenters. The maximum Gasteiger partial charge on any atom is 0.263 e. The normalized spacial score (nSPS) is 10.1. The summed E-state index contributed by atoms with van der Waals surface area (Å²) in [5, 5.41) is 0. The molecule has 2 aromatic rings. The molecule has 2 rings (SSSR count). The van der Waals surface area contributed by atoms with Crippen LogP contribution >= 0.6 is 22.6 Å². The van der Waals surface area contributed by atoms with Crippen LogP contribution in [0.1, 0.15) is 10.4 Å². The van der Waals surface area contributed by atoms with Gasteiger partial charge in [-0.05, 0) is 46.9 Å². The lowest BCUT2D eigenvalue weighted by Gasteiger charge is -2.00. The third-order valence-corrected chi connectivity index (χ3v) is 2.55. The largest absolute Gasteiger partial charge is 0.272 e. The van der Waals surface area contributed by atoms with Crippen LogP contribution in [0.15, 0.2) is 43.0 Å². The van der Waals surface area contributed by atoms with Crippen molar-refractivity contribution in [1.82, 2.24) is 9.55 Å². The third kappa shape index (κ3) is 1.84. The van der Waals surface area contributed by atoms with Gasteiger partial charge in [-0.2, -0.15) is 0 Å². The van der Waals surface area contributed by atoms with Crippen LogP contribution < -0.4 is 0 Å². The second-order valence-corrected chi connectivity index (χ2v) is 4.03. The highest BCUT2D eigenvalue weighted by Crippen LogP contribution is 2.08. The van der Waals surface area contributed by atoms with E-state index in [1.54, 1.807) is 12.4 Å². The SMILES string of the molecule is O=C(c1ccc(I)cc1)n1ccnc1. The van der Waals surface area contributed by atoms with E-state index in [-0.39, 0.29) is 5.91 Å². The summed E-state index contributed by atoms with van der Waals surface area (Å²) in [7, 11) is 0. The molecule has 1 heterocycles. The first-order valence-electron chi connectivity index (χ1n) is 4.05. The van der Waals surface area contributed by atoms with Gasteiger partial charge in [-0.15, -0.1) is 0 Å².